The van der Waals surface area contributed by atoms with Gasteiger partial charge >= 0.3 is 0 Å². The van der Waals surface area contributed by atoms with Crippen LogP contribution in [-0.2, 0) is 0 Å². The van der Waals surface area contributed by atoms with E-state index in [1.165, 1.54) is 19.3 Å². The lowest BCUT2D eigenvalue weighted by Gasteiger charge is -2.19. The van der Waals surface area contributed by atoms with Crippen molar-refractivity contribution in [2.75, 3.05) is 13.6 Å². The van der Waals surface area contributed by atoms with E-state index >= 15 is 0 Å². The van der Waals surface area contributed by atoms with Gasteiger partial charge in [0, 0.05) is 19.5 Å². The second kappa shape index (κ2) is 2.75. The maximum Gasteiger partial charge on any atom is 0.0986 e. The van der Waals surface area contributed by atoms with Gasteiger partial charge in [-0.15, -0.1) is 0 Å². The summed E-state index contributed by atoms with van der Waals surface area (Å²) in [7, 11) is 2.08. The van der Waals surface area contributed by atoms with E-state index in [-0.39, 0.29) is 0 Å². The molecule has 0 aliphatic heterocycles. The number of amidine groups is 1. The predicted octanol–water partition coefficient (Wildman–Crippen LogP) is 1.96. The summed E-state index contributed by atoms with van der Waals surface area (Å²) in [6, 6.07) is 0. The van der Waals surface area contributed by atoms with Gasteiger partial charge in [0.25, 0.3) is 0 Å². The van der Waals surface area contributed by atoms with E-state index in [9.17, 15) is 0 Å². The van der Waals surface area contributed by atoms with Gasteiger partial charge in [-0.2, -0.15) is 0 Å². The van der Waals surface area contributed by atoms with Gasteiger partial charge in [-0.1, -0.05) is 6.92 Å². The Kier molecular flexibility index (Phi) is 1.85. The minimum Gasteiger partial charge on any atom is -0.363 e. The van der Waals surface area contributed by atoms with E-state index in [1.54, 1.807) is 0 Å². The Balaban J connectivity index is 1.75. The smallest absolute Gasteiger partial charge is 0.0986 e. The zero-order valence-corrected chi connectivity index (χ0v) is 8.01. The molecule has 0 saturated heterocycles. The van der Waals surface area contributed by atoms with Gasteiger partial charge in [-0.3, -0.25) is 5.41 Å². The second-order valence-corrected chi connectivity index (χ2v) is 4.51. The molecule has 2 nitrogen and oxygen atoms in total. The topological polar surface area (TPSA) is 27.1 Å². The average Bonchev–Trinajstić information content (AvgIpc) is 2.86. The first-order chi connectivity index (χ1) is 5.68. The standard InChI is InChI=1S/C10H18N2/c1-7-5-9(7)6-12(2)10(11)8-3-4-8/h7-9,11H,3-6H2,1-2H3. The summed E-state index contributed by atoms with van der Waals surface area (Å²) >= 11 is 0. The van der Waals surface area contributed by atoms with Crippen molar-refractivity contribution in [2.45, 2.75) is 26.2 Å². The first kappa shape index (κ1) is 8.09. The number of rotatable bonds is 3. The van der Waals surface area contributed by atoms with Crippen LogP contribution in [0.25, 0.3) is 0 Å². The van der Waals surface area contributed by atoms with Crippen LogP contribution in [0.5, 0.6) is 0 Å². The summed E-state index contributed by atoms with van der Waals surface area (Å²) in [5.74, 6) is 3.30. The number of hydrogen-bond donors (Lipinski definition) is 1. The third kappa shape index (κ3) is 1.62. The van der Waals surface area contributed by atoms with Crippen LogP contribution < -0.4 is 0 Å². The Morgan fingerprint density at radius 2 is 2.08 bits per heavy atom. The molecule has 2 rings (SSSR count). The van der Waals surface area contributed by atoms with Crippen LogP contribution >= 0.6 is 0 Å². The molecule has 0 spiro atoms. The van der Waals surface area contributed by atoms with Gasteiger partial charge in [-0.05, 0) is 31.1 Å². The SMILES string of the molecule is CC1CC1CN(C)C(=N)C1CC1. The first-order valence-electron chi connectivity index (χ1n) is 4.98. The van der Waals surface area contributed by atoms with Crippen LogP contribution in [0.2, 0.25) is 0 Å². The maximum atomic E-state index is 7.82. The van der Waals surface area contributed by atoms with Crippen molar-refractivity contribution < 1.29 is 0 Å². The summed E-state index contributed by atoms with van der Waals surface area (Å²) in [5, 5.41) is 7.82. The molecule has 2 atom stereocenters. The van der Waals surface area contributed by atoms with Gasteiger partial charge in [0.05, 0.1) is 5.84 Å². The van der Waals surface area contributed by atoms with Crippen LogP contribution in [0.4, 0.5) is 0 Å². The van der Waals surface area contributed by atoms with E-state index in [1.807, 2.05) is 0 Å². The van der Waals surface area contributed by atoms with Crippen molar-refractivity contribution in [3.8, 4) is 0 Å². The fraction of sp³-hybridized carbons (Fsp3) is 0.900. The third-order valence-corrected chi connectivity index (χ3v) is 3.16. The molecule has 68 valence electrons. The quantitative estimate of drug-likeness (QED) is 0.503. The summed E-state index contributed by atoms with van der Waals surface area (Å²) < 4.78 is 0. The lowest BCUT2D eigenvalue weighted by Crippen LogP contribution is -2.29. The normalized spacial score (nSPS) is 33.2. The molecule has 2 unspecified atom stereocenters. The highest BCUT2D eigenvalue weighted by Gasteiger charge is 2.36. The molecule has 0 aromatic heterocycles. The molecule has 1 N–H and O–H groups in total. The molecule has 2 aliphatic carbocycles. The van der Waals surface area contributed by atoms with Crippen molar-refractivity contribution in [3.05, 3.63) is 0 Å². The van der Waals surface area contributed by atoms with E-state index < -0.39 is 0 Å². The third-order valence-electron chi connectivity index (χ3n) is 3.16. The van der Waals surface area contributed by atoms with Gasteiger partial charge in [0.1, 0.15) is 0 Å². The van der Waals surface area contributed by atoms with E-state index in [0.29, 0.717) is 5.92 Å². The largest absolute Gasteiger partial charge is 0.363 e. The monoisotopic (exact) mass is 166 g/mol. The lowest BCUT2D eigenvalue weighted by atomic mass is 10.3. The average molecular weight is 166 g/mol. The van der Waals surface area contributed by atoms with Gasteiger partial charge in [0.2, 0.25) is 0 Å². The van der Waals surface area contributed by atoms with Crippen LogP contribution in [0.15, 0.2) is 0 Å². The Morgan fingerprint density at radius 3 is 2.50 bits per heavy atom. The molecule has 0 aromatic carbocycles. The summed E-state index contributed by atoms with van der Waals surface area (Å²) in [6.07, 6.45) is 3.88. The molecule has 2 aliphatic rings. The molecule has 12 heavy (non-hydrogen) atoms. The fourth-order valence-electron chi connectivity index (χ4n) is 1.77. The van der Waals surface area contributed by atoms with Crippen molar-refractivity contribution in [3.63, 3.8) is 0 Å². The molecule has 2 saturated carbocycles. The van der Waals surface area contributed by atoms with Gasteiger partial charge in [0.15, 0.2) is 0 Å². The molecule has 2 heteroatoms. The molecule has 0 bridgehead atoms. The number of hydrogen-bond acceptors (Lipinski definition) is 1. The zero-order valence-electron chi connectivity index (χ0n) is 8.01. The highest BCUT2D eigenvalue weighted by molar-refractivity contribution is 5.83. The molecule has 0 aromatic rings. The van der Waals surface area contributed by atoms with E-state index in [4.69, 9.17) is 5.41 Å². The molecule has 0 heterocycles. The van der Waals surface area contributed by atoms with Crippen molar-refractivity contribution >= 4 is 5.84 Å². The first-order valence-corrected chi connectivity index (χ1v) is 4.98. The fourth-order valence-corrected chi connectivity index (χ4v) is 1.77. The maximum absolute atomic E-state index is 7.82. The van der Waals surface area contributed by atoms with Crippen molar-refractivity contribution in [1.82, 2.24) is 4.90 Å². The molecule has 2 fully saturated rings. The Hall–Kier alpha value is -0.530. The number of nitrogens with one attached hydrogen (secondary N) is 1. The van der Waals surface area contributed by atoms with Crippen LogP contribution in [0, 0.1) is 23.2 Å². The predicted molar refractivity (Wildman–Crippen MR) is 50.4 cm³/mol. The molecule has 0 radical (unpaired) electrons. The highest BCUT2D eigenvalue weighted by atomic mass is 15.2. The molecular formula is C10H18N2. The zero-order chi connectivity index (χ0) is 8.72. The summed E-state index contributed by atoms with van der Waals surface area (Å²) in [6.45, 7) is 3.43. The van der Waals surface area contributed by atoms with Crippen LogP contribution in [0.1, 0.15) is 26.2 Å². The van der Waals surface area contributed by atoms with E-state index in [0.717, 1.165) is 24.2 Å². The minimum atomic E-state index is 0.615. The number of nitrogens with zero attached hydrogens (tertiary/aromatic N) is 1. The second-order valence-electron chi connectivity index (χ2n) is 4.51. The summed E-state index contributed by atoms with van der Waals surface area (Å²) in [5.41, 5.74) is 0. The summed E-state index contributed by atoms with van der Waals surface area (Å²) in [4.78, 5) is 2.16. The van der Waals surface area contributed by atoms with E-state index in [2.05, 4.69) is 18.9 Å². The Bertz CT molecular complexity index is 196. The molecule has 0 amide bonds. The Labute approximate surface area is 74.5 Å². The van der Waals surface area contributed by atoms with Crippen molar-refractivity contribution in [2.24, 2.45) is 17.8 Å². The van der Waals surface area contributed by atoms with Gasteiger partial charge in [-0.25, -0.2) is 0 Å². The van der Waals surface area contributed by atoms with Crippen molar-refractivity contribution in [1.29, 1.82) is 5.41 Å². The highest BCUT2D eigenvalue weighted by Crippen LogP contribution is 2.39. The Morgan fingerprint density at radius 1 is 1.50 bits per heavy atom. The van der Waals surface area contributed by atoms with Crippen LogP contribution in [-0.4, -0.2) is 24.3 Å². The van der Waals surface area contributed by atoms with Gasteiger partial charge < -0.3 is 4.90 Å². The lowest BCUT2D eigenvalue weighted by molar-refractivity contribution is 0.448. The minimum absolute atomic E-state index is 0.615. The molecular weight excluding hydrogens is 148 g/mol. The van der Waals surface area contributed by atoms with Crippen LogP contribution in [0.3, 0.4) is 0 Å².